The molecule has 1 aromatic heterocycles. The third-order valence-electron chi connectivity index (χ3n) is 4.67. The number of benzene rings is 1. The predicted octanol–water partition coefficient (Wildman–Crippen LogP) is 1.97. The van der Waals surface area contributed by atoms with E-state index in [1.165, 1.54) is 6.92 Å². The molecule has 0 spiro atoms. The summed E-state index contributed by atoms with van der Waals surface area (Å²) in [6.07, 6.45) is 1.36. The van der Waals surface area contributed by atoms with Crippen molar-refractivity contribution in [1.29, 1.82) is 0 Å². The van der Waals surface area contributed by atoms with Crippen LogP contribution < -0.4 is 0 Å². The van der Waals surface area contributed by atoms with E-state index >= 15 is 0 Å². The summed E-state index contributed by atoms with van der Waals surface area (Å²) in [6.45, 7) is 4.83. The summed E-state index contributed by atoms with van der Waals surface area (Å²) >= 11 is 5.91. The fourth-order valence-corrected chi connectivity index (χ4v) is 3.38. The molecule has 2 atom stereocenters. The molecule has 0 saturated carbocycles. The number of carbonyl (C=O) groups excluding carboxylic acids is 2. The van der Waals surface area contributed by atoms with Gasteiger partial charge in [0.2, 0.25) is 0 Å². The Morgan fingerprint density at radius 3 is 2.59 bits per heavy atom. The van der Waals surface area contributed by atoms with Crippen molar-refractivity contribution < 1.29 is 14.7 Å². The van der Waals surface area contributed by atoms with E-state index in [9.17, 15) is 14.7 Å². The smallest absolute Gasteiger partial charge is 0.274 e. The largest absolute Gasteiger partial charge is 0.384 e. The highest BCUT2D eigenvalue weighted by Crippen LogP contribution is 2.17. The van der Waals surface area contributed by atoms with Crippen LogP contribution in [0.5, 0.6) is 0 Å². The summed E-state index contributed by atoms with van der Waals surface area (Å²) < 4.78 is 1.63. The molecular weight excluding hydrogens is 368 g/mol. The van der Waals surface area contributed by atoms with Crippen molar-refractivity contribution in [3.8, 4) is 5.69 Å². The Morgan fingerprint density at radius 2 is 1.93 bits per heavy atom. The Bertz CT molecular complexity index is 819. The van der Waals surface area contributed by atoms with Gasteiger partial charge in [-0.05, 0) is 50.6 Å². The molecular formula is C19H23ClN4O3. The minimum Gasteiger partial charge on any atom is -0.384 e. The summed E-state index contributed by atoms with van der Waals surface area (Å²) in [6, 6.07) is 8.72. The standard InChI is InChI=1S/C19H23ClN4O3/c1-13-12-22(18(26)14(2)25)9-3-10-23(13)19(27)17-8-11-24(21-17)16-6-4-15(20)5-7-16/h4-8,11,13-14,25H,3,9-10,12H2,1-2H3. The molecule has 1 aromatic carbocycles. The molecule has 2 amide bonds. The minimum atomic E-state index is -1.03. The third-order valence-corrected chi connectivity index (χ3v) is 4.92. The van der Waals surface area contributed by atoms with Crippen LogP contribution in [0.2, 0.25) is 5.02 Å². The van der Waals surface area contributed by atoms with Crippen LogP contribution in [-0.4, -0.2) is 68.3 Å². The maximum atomic E-state index is 12.9. The molecule has 8 heteroatoms. The van der Waals surface area contributed by atoms with Crippen molar-refractivity contribution in [3.63, 3.8) is 0 Å². The number of aliphatic hydroxyl groups is 1. The molecule has 0 bridgehead atoms. The lowest BCUT2D eigenvalue weighted by Crippen LogP contribution is -2.46. The predicted molar refractivity (Wildman–Crippen MR) is 102 cm³/mol. The topological polar surface area (TPSA) is 78.7 Å². The molecule has 0 radical (unpaired) electrons. The molecule has 144 valence electrons. The maximum Gasteiger partial charge on any atom is 0.274 e. The van der Waals surface area contributed by atoms with E-state index in [1.807, 2.05) is 19.1 Å². The molecule has 2 heterocycles. The number of hydrogen-bond donors (Lipinski definition) is 1. The van der Waals surface area contributed by atoms with Gasteiger partial charge in [-0.2, -0.15) is 5.10 Å². The van der Waals surface area contributed by atoms with Crippen LogP contribution in [0.15, 0.2) is 36.5 Å². The maximum absolute atomic E-state index is 12.9. The molecule has 2 unspecified atom stereocenters. The van der Waals surface area contributed by atoms with Gasteiger partial charge >= 0.3 is 0 Å². The van der Waals surface area contributed by atoms with Crippen LogP contribution in [0, 0.1) is 0 Å². The zero-order valence-corrected chi connectivity index (χ0v) is 16.1. The third kappa shape index (κ3) is 4.31. The van der Waals surface area contributed by atoms with E-state index in [0.717, 1.165) is 5.69 Å². The van der Waals surface area contributed by atoms with Crippen molar-refractivity contribution in [3.05, 3.63) is 47.2 Å². The highest BCUT2D eigenvalue weighted by atomic mass is 35.5. The second-order valence-electron chi connectivity index (χ2n) is 6.78. The second kappa shape index (κ2) is 8.10. The number of aromatic nitrogens is 2. The van der Waals surface area contributed by atoms with Gasteiger partial charge in [-0.15, -0.1) is 0 Å². The molecule has 3 rings (SSSR count). The number of aliphatic hydroxyl groups excluding tert-OH is 1. The quantitative estimate of drug-likeness (QED) is 0.869. The Balaban J connectivity index is 1.74. The molecule has 1 N–H and O–H groups in total. The Morgan fingerprint density at radius 1 is 1.22 bits per heavy atom. The number of hydrogen-bond acceptors (Lipinski definition) is 4. The number of amides is 2. The van der Waals surface area contributed by atoms with Crippen molar-refractivity contribution in [2.75, 3.05) is 19.6 Å². The summed E-state index contributed by atoms with van der Waals surface area (Å²) in [5, 5.41) is 14.6. The van der Waals surface area contributed by atoms with Gasteiger partial charge in [-0.1, -0.05) is 11.6 Å². The lowest BCUT2D eigenvalue weighted by Gasteiger charge is -2.29. The fourth-order valence-electron chi connectivity index (χ4n) is 3.25. The summed E-state index contributed by atoms with van der Waals surface area (Å²) in [5.41, 5.74) is 1.17. The Hall–Kier alpha value is -2.38. The molecule has 1 saturated heterocycles. The van der Waals surface area contributed by atoms with E-state index < -0.39 is 6.10 Å². The monoisotopic (exact) mass is 390 g/mol. The zero-order valence-electron chi connectivity index (χ0n) is 15.4. The first-order valence-corrected chi connectivity index (χ1v) is 9.34. The van der Waals surface area contributed by atoms with Crippen molar-refractivity contribution in [2.24, 2.45) is 0 Å². The molecule has 2 aromatic rings. The molecule has 0 aliphatic carbocycles. The van der Waals surface area contributed by atoms with Crippen LogP contribution in [-0.2, 0) is 4.79 Å². The van der Waals surface area contributed by atoms with Crippen LogP contribution in [0.3, 0.4) is 0 Å². The number of carbonyl (C=O) groups is 2. The number of nitrogens with zero attached hydrogens (tertiary/aromatic N) is 4. The van der Waals surface area contributed by atoms with Gasteiger partial charge in [0.25, 0.3) is 11.8 Å². The number of halogens is 1. The lowest BCUT2D eigenvalue weighted by molar-refractivity contribution is -0.139. The first kappa shape index (κ1) is 19.4. The van der Waals surface area contributed by atoms with Crippen molar-refractivity contribution in [2.45, 2.75) is 32.4 Å². The first-order valence-electron chi connectivity index (χ1n) is 8.96. The van der Waals surface area contributed by atoms with Gasteiger partial charge in [0.15, 0.2) is 5.69 Å². The fraction of sp³-hybridized carbons (Fsp3) is 0.421. The normalized spacial score (nSPS) is 18.9. The van der Waals surface area contributed by atoms with E-state index in [4.69, 9.17) is 11.6 Å². The van der Waals surface area contributed by atoms with E-state index in [2.05, 4.69) is 5.10 Å². The van der Waals surface area contributed by atoms with Gasteiger partial charge in [0.05, 0.1) is 5.69 Å². The molecule has 1 aliphatic heterocycles. The summed E-state index contributed by atoms with van der Waals surface area (Å²) in [4.78, 5) is 28.4. The molecule has 7 nitrogen and oxygen atoms in total. The highest BCUT2D eigenvalue weighted by molar-refractivity contribution is 6.30. The first-order chi connectivity index (χ1) is 12.9. The van der Waals surface area contributed by atoms with Crippen LogP contribution in [0.25, 0.3) is 5.69 Å². The van der Waals surface area contributed by atoms with Crippen LogP contribution in [0.1, 0.15) is 30.8 Å². The van der Waals surface area contributed by atoms with Gasteiger partial charge in [-0.3, -0.25) is 9.59 Å². The molecule has 1 fully saturated rings. The minimum absolute atomic E-state index is 0.164. The Kier molecular flexibility index (Phi) is 5.82. The van der Waals surface area contributed by atoms with Gasteiger partial charge in [-0.25, -0.2) is 4.68 Å². The highest BCUT2D eigenvalue weighted by Gasteiger charge is 2.30. The average molecular weight is 391 g/mol. The lowest BCUT2D eigenvalue weighted by atomic mass is 10.2. The van der Waals surface area contributed by atoms with Crippen LogP contribution in [0.4, 0.5) is 0 Å². The summed E-state index contributed by atoms with van der Waals surface area (Å²) in [7, 11) is 0. The second-order valence-corrected chi connectivity index (χ2v) is 7.22. The molecule has 27 heavy (non-hydrogen) atoms. The van der Waals surface area contributed by atoms with Crippen molar-refractivity contribution >= 4 is 23.4 Å². The zero-order chi connectivity index (χ0) is 19.6. The SMILES string of the molecule is CC(O)C(=O)N1CCCN(C(=O)c2ccn(-c3ccc(Cl)cc3)n2)C(C)C1. The van der Waals surface area contributed by atoms with Crippen molar-refractivity contribution in [1.82, 2.24) is 19.6 Å². The average Bonchev–Trinajstić information content (AvgIpc) is 3.05. The van der Waals surface area contributed by atoms with E-state index in [0.29, 0.717) is 36.8 Å². The van der Waals surface area contributed by atoms with Crippen LogP contribution >= 0.6 is 11.6 Å². The van der Waals surface area contributed by atoms with Gasteiger partial charge in [0.1, 0.15) is 6.10 Å². The summed E-state index contributed by atoms with van der Waals surface area (Å²) in [5.74, 6) is -0.468. The Labute approximate surface area is 163 Å². The van der Waals surface area contributed by atoms with E-state index in [1.54, 1.807) is 38.9 Å². The van der Waals surface area contributed by atoms with E-state index in [-0.39, 0.29) is 17.9 Å². The van der Waals surface area contributed by atoms with Gasteiger partial charge < -0.3 is 14.9 Å². The molecule has 1 aliphatic rings. The van der Waals surface area contributed by atoms with Gasteiger partial charge in [0, 0.05) is 36.9 Å². The number of rotatable bonds is 3.